The van der Waals surface area contributed by atoms with Crippen LogP contribution >= 0.6 is 0 Å². The summed E-state index contributed by atoms with van der Waals surface area (Å²) in [5.41, 5.74) is 1.25. The molecular weight excluding hydrogens is 240 g/mol. The number of carbonyl (C=O) groups excluding carboxylic acids is 1. The first-order chi connectivity index (χ1) is 8.31. The van der Waals surface area contributed by atoms with E-state index in [0.717, 1.165) is 0 Å². The molecule has 0 heterocycles. The van der Waals surface area contributed by atoms with Crippen LogP contribution in [0, 0.1) is 24.0 Å². The highest BCUT2D eigenvalue weighted by Crippen LogP contribution is 2.25. The number of benzene rings is 1. The number of anilines is 1. The van der Waals surface area contributed by atoms with Gasteiger partial charge < -0.3 is 10.4 Å². The molecule has 0 fully saturated rings. The lowest BCUT2D eigenvalue weighted by atomic mass is 10.1. The Hall–Kier alpha value is -2.44. The number of nitro benzene ring substituents is 1. The Bertz CT molecular complexity index is 524. The molecule has 0 radical (unpaired) electrons. The van der Waals surface area contributed by atoms with E-state index in [-0.39, 0.29) is 5.69 Å². The molecule has 96 valence electrons. The summed E-state index contributed by atoms with van der Waals surface area (Å²) in [7, 11) is 0. The van der Waals surface area contributed by atoms with Gasteiger partial charge in [-0.25, -0.2) is 0 Å². The number of hydrogen-bond acceptors (Lipinski definition) is 4. The van der Waals surface area contributed by atoms with Gasteiger partial charge in [-0.05, 0) is 25.5 Å². The largest absolute Gasteiger partial charge is 0.481 e. The molecule has 0 aliphatic heterocycles. The highest BCUT2D eigenvalue weighted by Gasteiger charge is 2.15. The van der Waals surface area contributed by atoms with Crippen molar-refractivity contribution in [3.8, 4) is 0 Å². The van der Waals surface area contributed by atoms with E-state index in [1.807, 2.05) is 0 Å². The lowest BCUT2D eigenvalue weighted by Crippen LogP contribution is -2.16. The van der Waals surface area contributed by atoms with Crippen LogP contribution in [0.2, 0.25) is 0 Å². The number of carboxylic acids is 1. The third kappa shape index (κ3) is 3.27. The number of nitrogens with zero attached hydrogens (tertiary/aromatic N) is 1. The molecule has 0 spiro atoms. The predicted octanol–water partition coefficient (Wildman–Crippen LogP) is 1.62. The number of amides is 1. The van der Waals surface area contributed by atoms with Crippen LogP contribution in [0.15, 0.2) is 12.1 Å². The fourth-order valence-electron chi connectivity index (χ4n) is 1.46. The van der Waals surface area contributed by atoms with Crippen LogP contribution in [0.3, 0.4) is 0 Å². The monoisotopic (exact) mass is 252 g/mol. The van der Waals surface area contributed by atoms with Crippen LogP contribution < -0.4 is 5.32 Å². The second kappa shape index (κ2) is 5.26. The van der Waals surface area contributed by atoms with E-state index < -0.39 is 23.2 Å². The lowest BCUT2D eigenvalue weighted by Gasteiger charge is -2.08. The van der Waals surface area contributed by atoms with E-state index in [1.165, 1.54) is 12.1 Å². The molecule has 18 heavy (non-hydrogen) atoms. The zero-order chi connectivity index (χ0) is 13.9. The number of hydrogen-bond donors (Lipinski definition) is 2. The Labute approximate surface area is 103 Å². The first kappa shape index (κ1) is 13.6. The molecule has 0 saturated heterocycles. The van der Waals surface area contributed by atoms with Gasteiger partial charge >= 0.3 is 5.97 Å². The number of carboxylic acid groups (broad SMARTS) is 1. The molecule has 0 aliphatic carbocycles. The number of carbonyl (C=O) groups is 2. The molecule has 7 heteroatoms. The van der Waals surface area contributed by atoms with Crippen molar-refractivity contribution >= 4 is 23.3 Å². The van der Waals surface area contributed by atoms with Crippen LogP contribution in [-0.4, -0.2) is 21.9 Å². The molecule has 0 atom stereocenters. The first-order valence-electron chi connectivity index (χ1n) is 5.08. The summed E-state index contributed by atoms with van der Waals surface area (Å²) in [5, 5.41) is 21.6. The zero-order valence-corrected chi connectivity index (χ0v) is 9.89. The fourth-order valence-corrected chi connectivity index (χ4v) is 1.46. The Kier molecular flexibility index (Phi) is 3.98. The third-order valence-electron chi connectivity index (χ3n) is 2.33. The van der Waals surface area contributed by atoms with Gasteiger partial charge in [0, 0.05) is 17.3 Å². The van der Waals surface area contributed by atoms with Crippen molar-refractivity contribution in [2.24, 2.45) is 0 Å². The van der Waals surface area contributed by atoms with Gasteiger partial charge in [0.2, 0.25) is 5.91 Å². The number of nitrogens with one attached hydrogen (secondary N) is 1. The molecule has 1 aromatic carbocycles. The van der Waals surface area contributed by atoms with Gasteiger partial charge in [0.15, 0.2) is 0 Å². The van der Waals surface area contributed by atoms with E-state index in [4.69, 9.17) is 5.11 Å². The van der Waals surface area contributed by atoms with Crippen LogP contribution in [-0.2, 0) is 9.59 Å². The molecule has 0 aliphatic rings. The van der Waals surface area contributed by atoms with Gasteiger partial charge in [-0.1, -0.05) is 0 Å². The van der Waals surface area contributed by atoms with Gasteiger partial charge in [0.1, 0.15) is 6.42 Å². The Balaban J connectivity index is 2.98. The maximum atomic E-state index is 11.3. The van der Waals surface area contributed by atoms with Crippen molar-refractivity contribution in [2.75, 3.05) is 5.32 Å². The van der Waals surface area contributed by atoms with Gasteiger partial charge in [-0.3, -0.25) is 19.7 Å². The van der Waals surface area contributed by atoms with Crippen molar-refractivity contribution in [1.82, 2.24) is 0 Å². The number of nitro groups is 1. The minimum atomic E-state index is -1.23. The maximum Gasteiger partial charge on any atom is 0.312 e. The van der Waals surface area contributed by atoms with Crippen LogP contribution in [0.5, 0.6) is 0 Å². The second-order valence-corrected chi connectivity index (χ2v) is 3.83. The minimum absolute atomic E-state index is 0.0382. The normalized spacial score (nSPS) is 9.89. The first-order valence-corrected chi connectivity index (χ1v) is 5.08. The summed E-state index contributed by atoms with van der Waals surface area (Å²) in [5.74, 6) is -1.90. The van der Waals surface area contributed by atoms with Gasteiger partial charge in [-0.2, -0.15) is 0 Å². The fraction of sp³-hybridized carbons (Fsp3) is 0.273. The smallest absolute Gasteiger partial charge is 0.312 e. The number of rotatable bonds is 4. The molecule has 1 aromatic rings. The highest BCUT2D eigenvalue weighted by molar-refractivity contribution is 6.01. The predicted molar refractivity (Wildman–Crippen MR) is 63.5 cm³/mol. The van der Waals surface area contributed by atoms with Gasteiger partial charge in [0.05, 0.1) is 4.92 Å². The molecule has 1 rings (SSSR count). The summed E-state index contributed by atoms with van der Waals surface area (Å²) in [6.07, 6.45) is -0.643. The van der Waals surface area contributed by atoms with E-state index in [9.17, 15) is 19.7 Å². The van der Waals surface area contributed by atoms with Crippen molar-refractivity contribution in [3.63, 3.8) is 0 Å². The summed E-state index contributed by atoms with van der Waals surface area (Å²) >= 11 is 0. The standard InChI is InChI=1S/C11H12N2O5/c1-6-4-9(13(17)18)7(2)3-8(6)12-10(14)5-11(15)16/h3-4H,5H2,1-2H3,(H,12,14)(H,15,16). The van der Waals surface area contributed by atoms with Crippen LogP contribution in [0.4, 0.5) is 11.4 Å². The Morgan fingerprint density at radius 2 is 1.94 bits per heavy atom. The van der Waals surface area contributed by atoms with E-state index >= 15 is 0 Å². The lowest BCUT2D eigenvalue weighted by molar-refractivity contribution is -0.385. The molecule has 2 N–H and O–H groups in total. The summed E-state index contributed by atoms with van der Waals surface area (Å²) in [4.78, 5) is 31.8. The SMILES string of the molecule is Cc1cc([N+](=O)[O-])c(C)cc1NC(=O)CC(=O)O. The van der Waals surface area contributed by atoms with E-state index in [2.05, 4.69) is 5.32 Å². The van der Waals surface area contributed by atoms with Crippen molar-refractivity contribution in [2.45, 2.75) is 20.3 Å². The topological polar surface area (TPSA) is 110 Å². The summed E-state index contributed by atoms with van der Waals surface area (Å²) in [6, 6.07) is 2.79. The van der Waals surface area contributed by atoms with Crippen molar-refractivity contribution < 1.29 is 19.6 Å². The summed E-state index contributed by atoms with van der Waals surface area (Å²) < 4.78 is 0. The van der Waals surface area contributed by atoms with Crippen molar-refractivity contribution in [3.05, 3.63) is 33.4 Å². The van der Waals surface area contributed by atoms with Gasteiger partial charge in [0.25, 0.3) is 5.69 Å². The average Bonchev–Trinajstić information content (AvgIpc) is 2.21. The quantitative estimate of drug-likeness (QED) is 0.480. The second-order valence-electron chi connectivity index (χ2n) is 3.83. The molecule has 7 nitrogen and oxygen atoms in total. The van der Waals surface area contributed by atoms with Gasteiger partial charge in [-0.15, -0.1) is 0 Å². The van der Waals surface area contributed by atoms with Crippen LogP contribution in [0.25, 0.3) is 0 Å². The molecule has 0 aromatic heterocycles. The van der Waals surface area contributed by atoms with E-state index in [1.54, 1.807) is 13.8 Å². The summed E-state index contributed by atoms with van der Waals surface area (Å²) in [6.45, 7) is 3.15. The molecule has 0 saturated carbocycles. The molecule has 0 unspecified atom stereocenters. The Morgan fingerprint density at radius 3 is 2.44 bits per heavy atom. The van der Waals surface area contributed by atoms with Crippen molar-refractivity contribution in [1.29, 1.82) is 0 Å². The highest BCUT2D eigenvalue weighted by atomic mass is 16.6. The van der Waals surface area contributed by atoms with Crippen LogP contribution in [0.1, 0.15) is 17.5 Å². The number of aliphatic carboxylic acids is 1. The van der Waals surface area contributed by atoms with E-state index in [0.29, 0.717) is 16.8 Å². The molecule has 1 amide bonds. The Morgan fingerprint density at radius 1 is 1.33 bits per heavy atom. The average molecular weight is 252 g/mol. The minimum Gasteiger partial charge on any atom is -0.481 e. The molecular formula is C11H12N2O5. The third-order valence-corrected chi connectivity index (χ3v) is 2.33. The molecule has 0 bridgehead atoms. The number of aryl methyl sites for hydroxylation is 2. The maximum absolute atomic E-state index is 11.3. The zero-order valence-electron chi connectivity index (χ0n) is 9.89.